The Kier molecular flexibility index (Phi) is 9.51. The molecule has 0 aliphatic carbocycles. The predicted octanol–water partition coefficient (Wildman–Crippen LogP) is 2.92. The van der Waals surface area contributed by atoms with Crippen LogP contribution in [0.1, 0.15) is 18.4 Å². The van der Waals surface area contributed by atoms with Crippen molar-refractivity contribution >= 4 is 51.1 Å². The summed E-state index contributed by atoms with van der Waals surface area (Å²) in [5.74, 6) is 0.794. The van der Waals surface area contributed by atoms with Gasteiger partial charge in [0.2, 0.25) is 0 Å². The summed E-state index contributed by atoms with van der Waals surface area (Å²) in [6.07, 6.45) is 1.79. The van der Waals surface area contributed by atoms with Gasteiger partial charge in [0.05, 0.1) is 18.0 Å². The Morgan fingerprint density at radius 3 is 2.62 bits per heavy atom. The number of aromatic nitrogens is 1. The van der Waals surface area contributed by atoms with Crippen molar-refractivity contribution in [3.63, 3.8) is 0 Å². The number of guanidine groups is 1. The highest BCUT2D eigenvalue weighted by molar-refractivity contribution is 14.0. The standard InChI is InChI=1S/C17H24N4O2S2.HI/c1-13(9-10-25(3,22)23)20-17(18-2)19-11-16-21-15(12-24-16)14-7-5-4-6-8-14;/h4-8,12-13H,9-11H2,1-3H3,(H2,18,19,20);1H. The van der Waals surface area contributed by atoms with Gasteiger partial charge < -0.3 is 10.6 Å². The molecule has 2 rings (SSSR count). The summed E-state index contributed by atoms with van der Waals surface area (Å²) < 4.78 is 22.5. The van der Waals surface area contributed by atoms with Crippen LogP contribution < -0.4 is 10.6 Å². The van der Waals surface area contributed by atoms with E-state index in [1.54, 1.807) is 18.4 Å². The lowest BCUT2D eigenvalue weighted by Gasteiger charge is -2.17. The molecule has 1 atom stereocenters. The molecule has 6 nitrogen and oxygen atoms in total. The van der Waals surface area contributed by atoms with E-state index < -0.39 is 9.84 Å². The first kappa shape index (κ1) is 22.8. The molecule has 1 aromatic heterocycles. The second kappa shape index (κ2) is 10.8. The van der Waals surface area contributed by atoms with E-state index >= 15 is 0 Å². The zero-order chi connectivity index (χ0) is 18.3. The summed E-state index contributed by atoms with van der Waals surface area (Å²) in [6.45, 7) is 2.50. The van der Waals surface area contributed by atoms with Crippen LogP contribution in [0, 0.1) is 0 Å². The van der Waals surface area contributed by atoms with Crippen molar-refractivity contribution in [1.29, 1.82) is 0 Å². The maximum absolute atomic E-state index is 11.2. The Bertz CT molecular complexity index is 807. The van der Waals surface area contributed by atoms with Gasteiger partial charge in [-0.3, -0.25) is 4.99 Å². The van der Waals surface area contributed by atoms with Gasteiger partial charge >= 0.3 is 0 Å². The molecule has 1 aromatic carbocycles. The monoisotopic (exact) mass is 508 g/mol. The van der Waals surface area contributed by atoms with Crippen LogP contribution in [0.5, 0.6) is 0 Å². The maximum atomic E-state index is 11.2. The molecule has 0 radical (unpaired) electrons. The topological polar surface area (TPSA) is 83.4 Å². The summed E-state index contributed by atoms with van der Waals surface area (Å²) in [6, 6.07) is 10.1. The van der Waals surface area contributed by atoms with E-state index in [2.05, 4.69) is 20.6 Å². The number of thiazole rings is 1. The highest BCUT2D eigenvalue weighted by Crippen LogP contribution is 2.21. The molecule has 2 aromatic rings. The number of sulfone groups is 1. The van der Waals surface area contributed by atoms with Gasteiger partial charge in [-0.1, -0.05) is 30.3 Å². The number of rotatable bonds is 7. The normalized spacial score (nSPS) is 13.0. The number of halogens is 1. The lowest BCUT2D eigenvalue weighted by Crippen LogP contribution is -2.42. The molecule has 0 fully saturated rings. The number of aliphatic imine (C=N–C) groups is 1. The minimum absolute atomic E-state index is 0. The Hall–Kier alpha value is -1.20. The summed E-state index contributed by atoms with van der Waals surface area (Å²) in [5, 5.41) is 9.42. The van der Waals surface area contributed by atoms with E-state index in [4.69, 9.17) is 0 Å². The van der Waals surface area contributed by atoms with Gasteiger partial charge in [-0.15, -0.1) is 35.3 Å². The molecule has 0 bridgehead atoms. The largest absolute Gasteiger partial charge is 0.354 e. The third kappa shape index (κ3) is 8.00. The van der Waals surface area contributed by atoms with Gasteiger partial charge in [-0.25, -0.2) is 13.4 Å². The molecule has 0 saturated heterocycles. The van der Waals surface area contributed by atoms with Crippen LogP contribution in [0.4, 0.5) is 0 Å². The number of hydrogen-bond donors (Lipinski definition) is 2. The Morgan fingerprint density at radius 1 is 1.31 bits per heavy atom. The third-order valence-electron chi connectivity index (χ3n) is 3.56. The van der Waals surface area contributed by atoms with Crippen molar-refractivity contribution in [3.8, 4) is 11.3 Å². The summed E-state index contributed by atoms with van der Waals surface area (Å²) in [5.41, 5.74) is 2.06. The van der Waals surface area contributed by atoms with Crippen LogP contribution in [0.2, 0.25) is 0 Å². The first-order valence-electron chi connectivity index (χ1n) is 8.02. The summed E-state index contributed by atoms with van der Waals surface area (Å²) >= 11 is 1.59. The van der Waals surface area contributed by atoms with Crippen LogP contribution in [-0.4, -0.2) is 44.5 Å². The molecule has 9 heteroatoms. The second-order valence-electron chi connectivity index (χ2n) is 5.88. The molecule has 144 valence electrons. The average molecular weight is 508 g/mol. The van der Waals surface area contributed by atoms with Crippen LogP contribution in [0.15, 0.2) is 40.7 Å². The highest BCUT2D eigenvalue weighted by atomic mass is 127. The van der Waals surface area contributed by atoms with Gasteiger partial charge in [-0.2, -0.15) is 0 Å². The van der Waals surface area contributed by atoms with Crippen LogP contribution in [0.25, 0.3) is 11.3 Å². The van der Waals surface area contributed by atoms with E-state index in [0.29, 0.717) is 18.9 Å². The first-order chi connectivity index (χ1) is 11.9. The molecule has 0 aliphatic heterocycles. The van der Waals surface area contributed by atoms with Gasteiger partial charge in [0.15, 0.2) is 5.96 Å². The number of nitrogens with zero attached hydrogens (tertiary/aromatic N) is 2. The molecular formula is C17H25IN4O2S2. The molecule has 1 unspecified atom stereocenters. The van der Waals surface area contributed by atoms with Gasteiger partial charge in [-0.05, 0) is 13.3 Å². The molecule has 0 saturated carbocycles. The fourth-order valence-electron chi connectivity index (χ4n) is 2.18. The lowest BCUT2D eigenvalue weighted by molar-refractivity contribution is 0.581. The second-order valence-corrected chi connectivity index (χ2v) is 9.08. The lowest BCUT2D eigenvalue weighted by atomic mass is 10.2. The van der Waals surface area contributed by atoms with Crippen molar-refractivity contribution in [2.45, 2.75) is 25.9 Å². The highest BCUT2D eigenvalue weighted by Gasteiger charge is 2.10. The van der Waals surface area contributed by atoms with Gasteiger partial charge in [0.1, 0.15) is 14.8 Å². The van der Waals surface area contributed by atoms with E-state index in [0.717, 1.165) is 16.3 Å². The van der Waals surface area contributed by atoms with Crippen molar-refractivity contribution in [2.24, 2.45) is 4.99 Å². The summed E-state index contributed by atoms with van der Waals surface area (Å²) in [4.78, 5) is 8.80. The van der Waals surface area contributed by atoms with Gasteiger partial charge in [0, 0.05) is 30.3 Å². The Balaban J connectivity index is 0.00000338. The van der Waals surface area contributed by atoms with Crippen molar-refractivity contribution in [3.05, 3.63) is 40.7 Å². The number of nitrogens with one attached hydrogen (secondary N) is 2. The smallest absolute Gasteiger partial charge is 0.191 e. The molecule has 0 amide bonds. The minimum Gasteiger partial charge on any atom is -0.354 e. The fourth-order valence-corrected chi connectivity index (χ4v) is 3.71. The van der Waals surface area contributed by atoms with E-state index in [1.165, 1.54) is 6.26 Å². The van der Waals surface area contributed by atoms with E-state index in [-0.39, 0.29) is 35.8 Å². The van der Waals surface area contributed by atoms with Crippen LogP contribution >= 0.6 is 35.3 Å². The van der Waals surface area contributed by atoms with E-state index in [9.17, 15) is 8.42 Å². The fraction of sp³-hybridized carbons (Fsp3) is 0.412. The molecule has 2 N–H and O–H groups in total. The Labute approximate surface area is 176 Å². The predicted molar refractivity (Wildman–Crippen MR) is 120 cm³/mol. The average Bonchev–Trinajstić information content (AvgIpc) is 3.06. The zero-order valence-corrected chi connectivity index (χ0v) is 19.1. The molecule has 0 aliphatic rings. The minimum atomic E-state index is -2.95. The van der Waals surface area contributed by atoms with Crippen molar-refractivity contribution in [2.75, 3.05) is 19.1 Å². The number of benzene rings is 1. The molecule has 1 heterocycles. The summed E-state index contributed by atoms with van der Waals surface area (Å²) in [7, 11) is -1.26. The maximum Gasteiger partial charge on any atom is 0.191 e. The van der Waals surface area contributed by atoms with Crippen LogP contribution in [0.3, 0.4) is 0 Å². The first-order valence-corrected chi connectivity index (χ1v) is 11.0. The Morgan fingerprint density at radius 2 is 2.00 bits per heavy atom. The molecular weight excluding hydrogens is 483 g/mol. The quantitative estimate of drug-likeness (QED) is 0.342. The molecule has 0 spiro atoms. The van der Waals surface area contributed by atoms with Gasteiger partial charge in [0.25, 0.3) is 0 Å². The van der Waals surface area contributed by atoms with Crippen molar-refractivity contribution in [1.82, 2.24) is 15.6 Å². The molecule has 26 heavy (non-hydrogen) atoms. The third-order valence-corrected chi connectivity index (χ3v) is 5.38. The number of hydrogen-bond acceptors (Lipinski definition) is 5. The zero-order valence-electron chi connectivity index (χ0n) is 15.1. The van der Waals surface area contributed by atoms with E-state index in [1.807, 2.05) is 42.6 Å². The van der Waals surface area contributed by atoms with Crippen LogP contribution in [-0.2, 0) is 16.4 Å². The van der Waals surface area contributed by atoms with Crippen molar-refractivity contribution < 1.29 is 8.42 Å². The SMILES string of the molecule is CN=C(NCc1nc(-c2ccccc2)cs1)NC(C)CCS(C)(=O)=O.I.